The fraction of sp³-hybridized carbons (Fsp3) is 0.462. The second-order valence-electron chi connectivity index (χ2n) is 8.81. The van der Waals surface area contributed by atoms with Gasteiger partial charge in [0.1, 0.15) is 11.3 Å². The average Bonchev–Trinajstić information content (AvgIpc) is 3.07. The lowest BCUT2D eigenvalue weighted by atomic mass is 10.1. The number of hydrogen-bond acceptors (Lipinski definition) is 5. The number of fused-ring (bicyclic) bond motifs is 1. The molecule has 0 bridgehead atoms. The van der Waals surface area contributed by atoms with Crippen LogP contribution in [0.3, 0.4) is 0 Å². The van der Waals surface area contributed by atoms with Gasteiger partial charge < -0.3 is 19.0 Å². The number of rotatable bonds is 5. The quantitative estimate of drug-likeness (QED) is 0.597. The molecule has 32 heavy (non-hydrogen) atoms. The molecule has 0 aliphatic carbocycles. The molecule has 168 valence electrons. The highest BCUT2D eigenvalue weighted by Crippen LogP contribution is 2.26. The Morgan fingerprint density at radius 2 is 1.75 bits per heavy atom. The average molecular weight is 434 g/mol. The SMILES string of the molecule is O=C(c1ccc(-c2ccc3oc(CCN4CCCCCC4)cc3c2)nc1)N1CCOCC1. The number of amides is 1. The number of aromatic nitrogens is 1. The molecule has 0 atom stereocenters. The van der Waals surface area contributed by atoms with Crippen LogP contribution in [0.5, 0.6) is 0 Å². The Morgan fingerprint density at radius 1 is 0.938 bits per heavy atom. The number of benzene rings is 1. The number of ether oxygens (including phenoxy) is 1. The third-order valence-corrected chi connectivity index (χ3v) is 6.54. The van der Waals surface area contributed by atoms with E-state index >= 15 is 0 Å². The Labute approximate surface area is 189 Å². The molecule has 0 saturated carbocycles. The van der Waals surface area contributed by atoms with E-state index in [2.05, 4.69) is 22.0 Å². The highest BCUT2D eigenvalue weighted by atomic mass is 16.5. The number of carbonyl (C=O) groups excluding carboxylic acids is 1. The Balaban J connectivity index is 1.26. The van der Waals surface area contributed by atoms with Crippen LogP contribution in [0.15, 0.2) is 47.0 Å². The molecule has 4 heterocycles. The third kappa shape index (κ3) is 4.87. The highest BCUT2D eigenvalue weighted by molar-refractivity contribution is 5.94. The van der Waals surface area contributed by atoms with Crippen LogP contribution in [0, 0.1) is 0 Å². The van der Waals surface area contributed by atoms with Crippen molar-refractivity contribution in [1.82, 2.24) is 14.8 Å². The maximum atomic E-state index is 12.6. The summed E-state index contributed by atoms with van der Waals surface area (Å²) < 4.78 is 11.4. The Hall–Kier alpha value is -2.70. The van der Waals surface area contributed by atoms with Gasteiger partial charge in [0, 0.05) is 43.2 Å². The smallest absolute Gasteiger partial charge is 0.255 e. The van der Waals surface area contributed by atoms with Crippen molar-refractivity contribution in [2.75, 3.05) is 45.9 Å². The van der Waals surface area contributed by atoms with Crippen LogP contribution in [0.2, 0.25) is 0 Å². The second kappa shape index (κ2) is 9.84. The first kappa shape index (κ1) is 21.2. The maximum Gasteiger partial charge on any atom is 0.255 e. The minimum absolute atomic E-state index is 0.0201. The van der Waals surface area contributed by atoms with Gasteiger partial charge in [-0.15, -0.1) is 0 Å². The van der Waals surface area contributed by atoms with Crippen molar-refractivity contribution in [2.24, 2.45) is 0 Å². The number of furan rings is 1. The molecule has 2 aliphatic heterocycles. The molecule has 1 amide bonds. The van der Waals surface area contributed by atoms with E-state index in [1.54, 1.807) is 6.20 Å². The van der Waals surface area contributed by atoms with Gasteiger partial charge in [0.05, 0.1) is 24.5 Å². The molecular weight excluding hydrogens is 402 g/mol. The molecule has 1 aromatic carbocycles. The van der Waals surface area contributed by atoms with Crippen LogP contribution in [0.25, 0.3) is 22.2 Å². The van der Waals surface area contributed by atoms with E-state index in [-0.39, 0.29) is 5.91 Å². The molecule has 3 aromatic rings. The predicted molar refractivity (Wildman–Crippen MR) is 125 cm³/mol. The monoisotopic (exact) mass is 433 g/mol. The summed E-state index contributed by atoms with van der Waals surface area (Å²) in [5, 5.41) is 1.10. The number of nitrogens with zero attached hydrogens (tertiary/aromatic N) is 3. The minimum Gasteiger partial charge on any atom is -0.461 e. The summed E-state index contributed by atoms with van der Waals surface area (Å²) in [5.74, 6) is 1.06. The van der Waals surface area contributed by atoms with Gasteiger partial charge in [-0.3, -0.25) is 9.78 Å². The van der Waals surface area contributed by atoms with E-state index in [1.807, 2.05) is 29.2 Å². The topological polar surface area (TPSA) is 58.8 Å². The molecule has 0 unspecified atom stereocenters. The Morgan fingerprint density at radius 3 is 2.50 bits per heavy atom. The number of morpholine rings is 1. The molecule has 0 spiro atoms. The summed E-state index contributed by atoms with van der Waals surface area (Å²) in [4.78, 5) is 21.6. The van der Waals surface area contributed by atoms with Crippen LogP contribution in [0.1, 0.15) is 41.8 Å². The van der Waals surface area contributed by atoms with Crippen LogP contribution in [-0.2, 0) is 11.2 Å². The van der Waals surface area contributed by atoms with Crippen LogP contribution < -0.4 is 0 Å². The Bertz CT molecular complexity index is 1050. The maximum absolute atomic E-state index is 12.6. The number of likely N-dealkylation sites (tertiary alicyclic amines) is 1. The minimum atomic E-state index is 0.0201. The molecule has 2 aromatic heterocycles. The van der Waals surface area contributed by atoms with Crippen LogP contribution in [-0.4, -0.2) is 66.6 Å². The third-order valence-electron chi connectivity index (χ3n) is 6.54. The molecule has 2 fully saturated rings. The summed E-state index contributed by atoms with van der Waals surface area (Å²) in [6.45, 7) is 5.95. The standard InChI is InChI=1S/C26H31N3O3/c30-26(29-13-15-31-16-14-29)21-5-7-24(27-19-21)20-6-8-25-22(17-20)18-23(32-25)9-12-28-10-3-1-2-4-11-28/h5-8,17-19H,1-4,9-16H2. The summed E-state index contributed by atoms with van der Waals surface area (Å²) in [6.07, 6.45) is 7.97. The van der Waals surface area contributed by atoms with E-state index in [4.69, 9.17) is 9.15 Å². The first-order chi connectivity index (χ1) is 15.8. The predicted octanol–water partition coefficient (Wildman–Crippen LogP) is 4.39. The van der Waals surface area contributed by atoms with Gasteiger partial charge in [-0.2, -0.15) is 0 Å². The first-order valence-electron chi connectivity index (χ1n) is 11.8. The van der Waals surface area contributed by atoms with E-state index in [1.165, 1.54) is 38.8 Å². The summed E-state index contributed by atoms with van der Waals surface area (Å²) in [7, 11) is 0. The fourth-order valence-electron chi connectivity index (χ4n) is 4.65. The molecule has 6 heteroatoms. The van der Waals surface area contributed by atoms with Gasteiger partial charge in [0.25, 0.3) is 5.91 Å². The molecule has 5 rings (SSSR count). The second-order valence-corrected chi connectivity index (χ2v) is 8.81. The molecular formula is C26H31N3O3. The molecule has 0 N–H and O–H groups in total. The van der Waals surface area contributed by atoms with E-state index in [0.29, 0.717) is 31.9 Å². The van der Waals surface area contributed by atoms with E-state index in [9.17, 15) is 4.79 Å². The van der Waals surface area contributed by atoms with E-state index in [0.717, 1.165) is 41.0 Å². The van der Waals surface area contributed by atoms with Gasteiger partial charge in [-0.25, -0.2) is 0 Å². The van der Waals surface area contributed by atoms with Crippen molar-refractivity contribution in [2.45, 2.75) is 32.1 Å². The first-order valence-corrected chi connectivity index (χ1v) is 11.8. The normalized spacial score (nSPS) is 18.1. The summed E-state index contributed by atoms with van der Waals surface area (Å²) >= 11 is 0. The molecule has 2 saturated heterocycles. The molecule has 6 nitrogen and oxygen atoms in total. The van der Waals surface area contributed by atoms with Crippen molar-refractivity contribution in [3.8, 4) is 11.3 Å². The largest absolute Gasteiger partial charge is 0.461 e. The lowest BCUT2D eigenvalue weighted by Crippen LogP contribution is -2.40. The van der Waals surface area contributed by atoms with Crippen molar-refractivity contribution >= 4 is 16.9 Å². The van der Waals surface area contributed by atoms with Gasteiger partial charge in [-0.1, -0.05) is 12.8 Å². The number of carbonyl (C=O) groups is 1. The number of pyridine rings is 1. The van der Waals surface area contributed by atoms with Crippen molar-refractivity contribution in [3.63, 3.8) is 0 Å². The summed E-state index contributed by atoms with van der Waals surface area (Å²) in [5.41, 5.74) is 3.43. The number of hydrogen-bond donors (Lipinski definition) is 0. The van der Waals surface area contributed by atoms with Gasteiger partial charge in [-0.05, 0) is 62.3 Å². The van der Waals surface area contributed by atoms with Gasteiger partial charge in [0.2, 0.25) is 0 Å². The zero-order valence-corrected chi connectivity index (χ0v) is 18.6. The molecule has 0 radical (unpaired) electrons. The van der Waals surface area contributed by atoms with Crippen LogP contribution >= 0.6 is 0 Å². The zero-order valence-electron chi connectivity index (χ0n) is 18.6. The van der Waals surface area contributed by atoms with Gasteiger partial charge in [0.15, 0.2) is 0 Å². The summed E-state index contributed by atoms with van der Waals surface area (Å²) in [6, 6.07) is 12.1. The van der Waals surface area contributed by atoms with Gasteiger partial charge >= 0.3 is 0 Å². The highest BCUT2D eigenvalue weighted by Gasteiger charge is 2.19. The van der Waals surface area contributed by atoms with Crippen molar-refractivity contribution < 1.29 is 13.9 Å². The molecule has 2 aliphatic rings. The Kier molecular flexibility index (Phi) is 6.51. The fourth-order valence-corrected chi connectivity index (χ4v) is 4.65. The lowest BCUT2D eigenvalue weighted by molar-refractivity contribution is 0.0302. The van der Waals surface area contributed by atoms with Crippen molar-refractivity contribution in [3.05, 3.63) is 53.9 Å². The lowest BCUT2D eigenvalue weighted by Gasteiger charge is -2.26. The van der Waals surface area contributed by atoms with Crippen molar-refractivity contribution in [1.29, 1.82) is 0 Å². The zero-order chi connectivity index (χ0) is 21.8. The van der Waals surface area contributed by atoms with Crippen LogP contribution in [0.4, 0.5) is 0 Å². The van der Waals surface area contributed by atoms with E-state index < -0.39 is 0 Å².